The van der Waals surface area contributed by atoms with Crippen molar-refractivity contribution in [1.29, 1.82) is 0 Å². The fraction of sp³-hybridized carbons (Fsp3) is 0. The van der Waals surface area contributed by atoms with Gasteiger partial charge in [0.2, 0.25) is 0 Å². The Morgan fingerprint density at radius 3 is 2.53 bits per heavy atom. The minimum Gasteiger partial charge on any atom is -0.429 e. The van der Waals surface area contributed by atoms with Gasteiger partial charge in [0, 0.05) is 5.39 Å². The molecule has 0 saturated carbocycles. The molecule has 0 bridgehead atoms. The van der Waals surface area contributed by atoms with Crippen LogP contribution >= 0.6 is 17.2 Å². The van der Waals surface area contributed by atoms with E-state index in [1.54, 1.807) is 12.1 Å². The van der Waals surface area contributed by atoms with E-state index in [2.05, 4.69) is 11.8 Å². The molecule has 2 aromatic carbocycles. The minimum absolute atomic E-state index is 0.397. The molecule has 0 saturated heterocycles. The maximum absolute atomic E-state index is 13.1. The molecule has 0 heterocycles. The molecule has 2 aromatic rings. The summed E-state index contributed by atoms with van der Waals surface area (Å²) >= 11 is 9.72. The van der Waals surface area contributed by atoms with E-state index in [1.165, 1.54) is 0 Å². The number of rotatable bonds is 2. The van der Waals surface area contributed by atoms with Gasteiger partial charge in [-0.3, -0.25) is 0 Å². The summed E-state index contributed by atoms with van der Waals surface area (Å²) in [5.74, 6) is -3.29. The third-order valence-electron chi connectivity index (χ3n) is 1.95. The van der Waals surface area contributed by atoms with Crippen LogP contribution in [-0.4, -0.2) is 0 Å². The quantitative estimate of drug-likeness (QED) is 0.727. The molecule has 0 fully saturated rings. The fourth-order valence-electron chi connectivity index (χ4n) is 1.39. The average molecular weight is 261 g/mol. The predicted octanol–water partition coefficient (Wildman–Crippen LogP) is 4.65. The summed E-state index contributed by atoms with van der Waals surface area (Å²) in [6, 6.07) is 12.9. The summed E-state index contributed by atoms with van der Waals surface area (Å²) in [4.78, 5) is 0. The van der Waals surface area contributed by atoms with Crippen LogP contribution in [0.1, 0.15) is 0 Å². The third kappa shape index (κ3) is 2.69. The van der Waals surface area contributed by atoms with Crippen molar-refractivity contribution in [2.75, 3.05) is 0 Å². The molecule has 0 N–H and O–H groups in total. The van der Waals surface area contributed by atoms with Gasteiger partial charge in [0.1, 0.15) is 5.75 Å². The summed E-state index contributed by atoms with van der Waals surface area (Å²) in [6.07, 6.45) is 0. The molecule has 0 aliphatic rings. The Balaban J connectivity index is 2.56. The van der Waals surface area contributed by atoms with Gasteiger partial charge in [-0.2, -0.15) is 4.20 Å². The molecule has 1 atom stereocenters. The molecular formula is C10H7ClFOPS. The van der Waals surface area contributed by atoms with Crippen LogP contribution in [0.4, 0.5) is 4.20 Å². The summed E-state index contributed by atoms with van der Waals surface area (Å²) in [5, 5.41) is 1.78. The first-order chi connectivity index (χ1) is 7.06. The zero-order chi connectivity index (χ0) is 10.9. The van der Waals surface area contributed by atoms with Gasteiger partial charge in [-0.25, -0.2) is 0 Å². The van der Waals surface area contributed by atoms with Crippen LogP contribution in [0.15, 0.2) is 42.5 Å². The van der Waals surface area contributed by atoms with E-state index in [0.29, 0.717) is 5.75 Å². The maximum atomic E-state index is 13.1. The van der Waals surface area contributed by atoms with Crippen LogP contribution < -0.4 is 4.52 Å². The standard InChI is InChI=1S/C10H7ClFOPS/c11-14(12,15)13-10-7-3-5-8-4-1-2-6-9(8)10/h1-7H. The lowest BCUT2D eigenvalue weighted by molar-refractivity contribution is 0.585. The van der Waals surface area contributed by atoms with Crippen molar-refractivity contribution in [3.8, 4) is 5.75 Å². The first-order valence-electron chi connectivity index (χ1n) is 4.23. The van der Waals surface area contributed by atoms with Gasteiger partial charge >= 0.3 is 5.93 Å². The summed E-state index contributed by atoms with van der Waals surface area (Å²) < 4.78 is 18.0. The number of fused-ring (bicyclic) bond motifs is 1. The van der Waals surface area contributed by atoms with E-state index < -0.39 is 5.93 Å². The van der Waals surface area contributed by atoms with Crippen molar-refractivity contribution >= 4 is 39.7 Å². The van der Waals surface area contributed by atoms with E-state index in [-0.39, 0.29) is 0 Å². The Morgan fingerprint density at radius 2 is 1.80 bits per heavy atom. The van der Waals surface area contributed by atoms with Crippen molar-refractivity contribution in [3.05, 3.63) is 42.5 Å². The molecule has 5 heteroatoms. The first kappa shape index (κ1) is 10.9. The second-order valence-electron chi connectivity index (χ2n) is 2.98. The monoisotopic (exact) mass is 260 g/mol. The largest absolute Gasteiger partial charge is 0.429 e. The second-order valence-corrected chi connectivity index (χ2v) is 7.31. The smallest absolute Gasteiger partial charge is 0.370 e. The van der Waals surface area contributed by atoms with E-state index in [4.69, 9.17) is 15.8 Å². The molecular weight excluding hydrogens is 254 g/mol. The number of hydrogen-bond acceptors (Lipinski definition) is 2. The molecule has 0 radical (unpaired) electrons. The van der Waals surface area contributed by atoms with Crippen LogP contribution in [0.5, 0.6) is 5.75 Å². The summed E-state index contributed by atoms with van der Waals surface area (Å²) in [5.41, 5.74) is 0. The van der Waals surface area contributed by atoms with Gasteiger partial charge in [-0.05, 0) is 34.5 Å². The van der Waals surface area contributed by atoms with Crippen molar-refractivity contribution in [3.63, 3.8) is 0 Å². The Kier molecular flexibility index (Phi) is 2.96. The first-order valence-corrected chi connectivity index (χ1v) is 7.74. The highest BCUT2D eigenvalue weighted by molar-refractivity contribution is 8.22. The van der Waals surface area contributed by atoms with Crippen molar-refractivity contribution < 1.29 is 8.72 Å². The molecule has 0 aliphatic carbocycles. The van der Waals surface area contributed by atoms with Crippen molar-refractivity contribution in [1.82, 2.24) is 0 Å². The van der Waals surface area contributed by atoms with E-state index in [1.807, 2.05) is 30.3 Å². The normalized spacial score (nSPS) is 14.8. The van der Waals surface area contributed by atoms with E-state index >= 15 is 0 Å². The highest BCUT2D eigenvalue weighted by atomic mass is 35.7. The average Bonchev–Trinajstić information content (AvgIpc) is 2.16. The Morgan fingerprint density at radius 1 is 1.13 bits per heavy atom. The highest BCUT2D eigenvalue weighted by Crippen LogP contribution is 2.55. The zero-order valence-electron chi connectivity index (χ0n) is 7.56. The zero-order valence-corrected chi connectivity index (χ0v) is 10.0. The van der Waals surface area contributed by atoms with Crippen LogP contribution in [0.2, 0.25) is 0 Å². The third-order valence-corrected chi connectivity index (χ3v) is 2.79. The molecule has 1 nitrogen and oxygen atoms in total. The molecule has 1 unspecified atom stereocenters. The van der Waals surface area contributed by atoms with Crippen LogP contribution in [0.3, 0.4) is 0 Å². The Hall–Kier alpha value is -0.630. The van der Waals surface area contributed by atoms with Gasteiger partial charge in [0.25, 0.3) is 0 Å². The molecule has 0 aromatic heterocycles. The van der Waals surface area contributed by atoms with E-state index in [9.17, 15) is 4.20 Å². The minimum atomic E-state index is -3.69. The van der Waals surface area contributed by atoms with Crippen LogP contribution in [0, 0.1) is 0 Å². The van der Waals surface area contributed by atoms with Crippen molar-refractivity contribution in [2.45, 2.75) is 0 Å². The highest BCUT2D eigenvalue weighted by Gasteiger charge is 2.14. The lowest BCUT2D eigenvalue weighted by Crippen LogP contribution is -1.83. The Labute approximate surface area is 96.8 Å². The molecule has 0 aliphatic heterocycles. The molecule has 0 spiro atoms. The van der Waals surface area contributed by atoms with Crippen LogP contribution in [0.25, 0.3) is 10.8 Å². The number of hydrogen-bond donors (Lipinski definition) is 0. The van der Waals surface area contributed by atoms with Gasteiger partial charge in [0.05, 0.1) is 0 Å². The fourth-order valence-corrected chi connectivity index (χ4v) is 2.24. The second kappa shape index (κ2) is 4.09. The summed E-state index contributed by atoms with van der Waals surface area (Å²) in [7, 11) is 0. The summed E-state index contributed by atoms with van der Waals surface area (Å²) in [6.45, 7) is 0. The molecule has 2 rings (SSSR count). The molecule has 15 heavy (non-hydrogen) atoms. The van der Waals surface area contributed by atoms with Gasteiger partial charge in [0.15, 0.2) is 0 Å². The topological polar surface area (TPSA) is 9.23 Å². The number of halogens is 2. The van der Waals surface area contributed by atoms with Crippen LogP contribution in [-0.2, 0) is 11.8 Å². The molecule has 78 valence electrons. The molecule has 0 amide bonds. The lowest BCUT2D eigenvalue weighted by Gasteiger charge is -2.09. The maximum Gasteiger partial charge on any atom is 0.370 e. The van der Waals surface area contributed by atoms with Gasteiger partial charge < -0.3 is 4.52 Å². The SMILES string of the molecule is FP(=S)(Cl)Oc1cccc2ccccc12. The Bertz CT molecular complexity index is 534. The van der Waals surface area contributed by atoms with Crippen molar-refractivity contribution in [2.24, 2.45) is 0 Å². The predicted molar refractivity (Wildman–Crippen MR) is 65.8 cm³/mol. The number of benzene rings is 2. The van der Waals surface area contributed by atoms with E-state index in [0.717, 1.165) is 10.8 Å². The lowest BCUT2D eigenvalue weighted by atomic mass is 10.1. The van der Waals surface area contributed by atoms with Gasteiger partial charge in [-0.1, -0.05) is 36.4 Å². The van der Waals surface area contributed by atoms with Gasteiger partial charge in [-0.15, -0.1) is 0 Å².